The van der Waals surface area contributed by atoms with Crippen molar-refractivity contribution in [3.05, 3.63) is 216 Å². The number of fused-ring (bicyclic) bond motifs is 13. The van der Waals surface area contributed by atoms with E-state index in [1.165, 1.54) is 87.9 Å². The zero-order chi connectivity index (χ0) is 38.0. The minimum Gasteiger partial charge on any atom is -0.412 e. The van der Waals surface area contributed by atoms with E-state index in [4.69, 9.17) is 6.17 Å². The normalized spacial score (nSPS) is 15.9. The molecule has 2 aliphatic rings. The number of benzene rings is 8. The fourth-order valence-electron chi connectivity index (χ4n) is 9.18. The lowest BCUT2D eigenvalue weighted by Gasteiger charge is -2.31. The highest BCUT2D eigenvalue weighted by Crippen LogP contribution is 2.63. The van der Waals surface area contributed by atoms with Gasteiger partial charge in [-0.25, -0.2) is 0 Å². The van der Waals surface area contributed by atoms with Crippen LogP contribution in [0.2, 0.25) is 0 Å². The monoisotopic (exact) mass is 798 g/mol. The van der Waals surface area contributed by atoms with Crippen molar-refractivity contribution in [2.24, 2.45) is 0 Å². The molecule has 0 saturated heterocycles. The van der Waals surface area contributed by atoms with Gasteiger partial charge < -0.3 is 14.9 Å². The van der Waals surface area contributed by atoms with Gasteiger partial charge in [0, 0.05) is 16.5 Å². The van der Waals surface area contributed by atoms with Gasteiger partial charge in [0.25, 0.3) is 0 Å². The van der Waals surface area contributed by atoms with E-state index in [9.17, 15) is 0 Å². The Hall–Kier alpha value is -5.01. The van der Waals surface area contributed by atoms with Gasteiger partial charge in [0.15, 0.2) is 0 Å². The Bertz CT molecular complexity index is 2960. The van der Waals surface area contributed by atoms with Crippen LogP contribution in [0.4, 0.5) is 0 Å². The molecule has 9 aromatic rings. The fraction of sp³-hybridized carbons (Fsp3) is 0.0204. The molecule has 3 nitrogen and oxygen atoms in total. The predicted octanol–water partition coefficient (Wildman–Crippen LogP) is 10.4. The van der Waals surface area contributed by atoms with Crippen LogP contribution in [0, 0.1) is 0 Å². The van der Waals surface area contributed by atoms with Gasteiger partial charge in [-0.2, -0.15) is 0 Å². The van der Waals surface area contributed by atoms with Crippen LogP contribution >= 0.6 is 23.4 Å². The predicted molar refractivity (Wildman–Crippen MR) is 247 cm³/mol. The van der Waals surface area contributed by atoms with E-state index in [2.05, 4.69) is 210 Å². The molecular formula is C49H38NO2P3S. The molecule has 8 aromatic carbocycles. The number of nitrogens with zero attached hydrogens (tertiary/aromatic N) is 1. The van der Waals surface area contributed by atoms with Crippen LogP contribution in [-0.2, 0) is 17.2 Å². The third-order valence-electron chi connectivity index (χ3n) is 11.2. The second-order valence-electron chi connectivity index (χ2n) is 14.0. The number of para-hydroxylation sites is 2. The average molecular weight is 799 g/mol. The SMILES string of the molecule is O.[2H]P(O)(P)=S.c1ccc(-n2c3ccccc3c3cc4c(cc32)C2(c3ccccc3-c3ccc(P(c5ccccc5)c5ccccc5)cc32)c2ccccc2-4)cc1. The van der Waals surface area contributed by atoms with Crippen LogP contribution in [0.15, 0.2) is 194 Å². The van der Waals surface area contributed by atoms with Crippen LogP contribution in [0.1, 0.15) is 22.3 Å². The number of aromatic nitrogens is 1. The number of hydrogen-bond donors (Lipinski definition) is 1. The summed E-state index contributed by atoms with van der Waals surface area (Å²) in [7, 11) is 1.09. The Balaban J connectivity index is 0.000000666. The zero-order valence-electron chi connectivity index (χ0n) is 31.2. The van der Waals surface area contributed by atoms with Crippen LogP contribution in [-0.4, -0.2) is 16.2 Å². The van der Waals surface area contributed by atoms with E-state index in [-0.39, 0.29) is 5.48 Å². The maximum atomic E-state index is 8.08. The van der Waals surface area contributed by atoms with Gasteiger partial charge in [-0.15, -0.1) is 0 Å². The summed E-state index contributed by atoms with van der Waals surface area (Å²) >= 11 is 4.12. The quantitative estimate of drug-likeness (QED) is 0.180. The third kappa shape index (κ3) is 5.68. The summed E-state index contributed by atoms with van der Waals surface area (Å²) in [5, 5.41) is 6.67. The molecule has 0 radical (unpaired) electrons. The minimum atomic E-state index is -2.64. The first-order valence-corrected chi connectivity index (χ1v) is 23.6. The summed E-state index contributed by atoms with van der Waals surface area (Å²) in [4.78, 5) is 8.08. The summed E-state index contributed by atoms with van der Waals surface area (Å²) in [5.74, 6) is 0. The van der Waals surface area contributed by atoms with Crippen LogP contribution in [0.25, 0.3) is 49.7 Å². The molecule has 3 atom stereocenters. The lowest BCUT2D eigenvalue weighted by atomic mass is 9.70. The van der Waals surface area contributed by atoms with E-state index < -0.39 is 19.9 Å². The molecular weight excluding hydrogens is 760 g/mol. The molecule has 3 N–H and O–H groups in total. The molecule has 0 amide bonds. The molecule has 1 aromatic heterocycles. The van der Waals surface area contributed by atoms with Crippen LogP contribution in [0.3, 0.4) is 0 Å². The molecule has 56 heavy (non-hydrogen) atoms. The highest BCUT2D eigenvalue weighted by Gasteiger charge is 2.52. The summed E-state index contributed by atoms with van der Waals surface area (Å²) in [6, 6.07) is 72.6. The van der Waals surface area contributed by atoms with Crippen LogP contribution in [0.5, 0.6) is 0 Å². The van der Waals surface area contributed by atoms with Crippen molar-refractivity contribution in [2.45, 2.75) is 5.41 Å². The minimum absolute atomic E-state index is 0. The second-order valence-corrected chi connectivity index (χ2v) is 20.5. The molecule has 0 aliphatic heterocycles. The van der Waals surface area contributed by atoms with E-state index in [1.54, 1.807) is 0 Å². The third-order valence-corrected chi connectivity index (χ3v) is 13.6. The summed E-state index contributed by atoms with van der Waals surface area (Å²) in [6.45, 7) is -2.64. The largest absolute Gasteiger partial charge is 0.412 e. The molecule has 7 heteroatoms. The van der Waals surface area contributed by atoms with Crippen molar-refractivity contribution in [1.82, 2.24) is 4.57 Å². The molecule has 272 valence electrons. The lowest BCUT2D eigenvalue weighted by molar-refractivity contribution is 0.658. The van der Waals surface area contributed by atoms with E-state index in [0.717, 1.165) is 0 Å². The van der Waals surface area contributed by atoms with Gasteiger partial charge in [0.05, 0.1) is 23.0 Å². The van der Waals surface area contributed by atoms with Gasteiger partial charge in [0.1, 0.15) is 1.28 Å². The summed E-state index contributed by atoms with van der Waals surface area (Å²) in [6.07, 6.45) is 0. The Morgan fingerprint density at radius 3 is 1.61 bits per heavy atom. The second kappa shape index (κ2) is 14.8. The van der Waals surface area contributed by atoms with Gasteiger partial charge >= 0.3 is 0 Å². The van der Waals surface area contributed by atoms with Gasteiger partial charge in [-0.05, 0) is 105 Å². The van der Waals surface area contributed by atoms with E-state index in [0.29, 0.717) is 0 Å². The van der Waals surface area contributed by atoms with Crippen molar-refractivity contribution >= 4 is 72.9 Å². The number of rotatable bonds is 4. The first kappa shape index (κ1) is 35.4. The zero-order valence-corrected chi connectivity index (χ0v) is 34.0. The van der Waals surface area contributed by atoms with Crippen LogP contribution < -0.4 is 15.9 Å². The average Bonchev–Trinajstić information content (AvgIpc) is 3.82. The Morgan fingerprint density at radius 2 is 0.982 bits per heavy atom. The molecule has 2 aliphatic carbocycles. The smallest absolute Gasteiger partial charge is 0.102 e. The fourth-order valence-corrected chi connectivity index (χ4v) is 11.5. The number of hydrogen-bond acceptors (Lipinski definition) is 1. The molecule has 0 saturated carbocycles. The lowest BCUT2D eigenvalue weighted by Crippen LogP contribution is -2.28. The van der Waals surface area contributed by atoms with E-state index >= 15 is 0 Å². The summed E-state index contributed by atoms with van der Waals surface area (Å²) in [5.41, 5.74) is 14.0. The van der Waals surface area contributed by atoms with Gasteiger partial charge in [-0.3, -0.25) is 0 Å². The molecule has 1 spiro atoms. The van der Waals surface area contributed by atoms with Gasteiger partial charge in [0.2, 0.25) is 0 Å². The van der Waals surface area contributed by atoms with Crippen molar-refractivity contribution < 1.29 is 10.4 Å². The molecule has 1 heterocycles. The van der Waals surface area contributed by atoms with Crippen molar-refractivity contribution in [2.75, 3.05) is 0 Å². The maximum absolute atomic E-state index is 8.08. The van der Waals surface area contributed by atoms with Crippen molar-refractivity contribution in [3.8, 4) is 27.9 Å². The first-order chi connectivity index (χ1) is 27.3. The molecule has 3 unspecified atom stereocenters. The molecule has 0 bridgehead atoms. The van der Waals surface area contributed by atoms with E-state index in [1.807, 2.05) is 8.93 Å². The first-order valence-electron chi connectivity index (χ1n) is 18.8. The van der Waals surface area contributed by atoms with Crippen molar-refractivity contribution in [1.29, 1.82) is 1.28 Å². The summed E-state index contributed by atoms with van der Waals surface area (Å²) < 4.78 is 8.84. The standard InChI is InChI=1S/C49H32NP.H4OP2S.H2O/c1-4-16-33(17-5-1)50-47-27-15-12-24-40(47)42-31-41-38-23-11-14-26-44(38)49(46(41)32-48(42)50)43-25-13-10-22-37(43)39-29-28-36(30-45(39)49)51(34-18-6-2-7-19-34)35-20-8-3-9-21-35;1-3(2)4;/h1-32H;3H,2H2,(H,1,4);1H2/i;3D;. The topological polar surface area (TPSA) is 56.7 Å². The Labute approximate surface area is 337 Å². The molecule has 11 rings (SSSR count). The van der Waals surface area contributed by atoms with Crippen molar-refractivity contribution in [3.63, 3.8) is 0 Å². The maximum Gasteiger partial charge on any atom is 0.102 e. The molecule has 0 fully saturated rings. The Morgan fingerprint density at radius 1 is 0.500 bits per heavy atom. The highest BCUT2D eigenvalue weighted by atomic mass is 32.6. The highest BCUT2D eigenvalue weighted by molar-refractivity contribution is 8.31. The van der Waals surface area contributed by atoms with Gasteiger partial charge in [-0.1, -0.05) is 178 Å². The Kier molecular flexibility index (Phi) is 9.37.